The van der Waals surface area contributed by atoms with Gasteiger partial charge >= 0.3 is 0 Å². The van der Waals surface area contributed by atoms with Gasteiger partial charge in [0.25, 0.3) is 0 Å². The molecule has 28 heavy (non-hydrogen) atoms. The summed E-state index contributed by atoms with van der Waals surface area (Å²) in [5.41, 5.74) is 5.49. The van der Waals surface area contributed by atoms with Crippen LogP contribution in [0.3, 0.4) is 0 Å². The van der Waals surface area contributed by atoms with Gasteiger partial charge in [0.1, 0.15) is 21.8 Å². The normalized spacial score (nSPS) is 15.9. The van der Waals surface area contributed by atoms with Crippen molar-refractivity contribution in [3.8, 4) is 33.0 Å². The van der Waals surface area contributed by atoms with Crippen LogP contribution in [0.4, 0.5) is 0 Å². The molecule has 4 rings (SSSR count). The van der Waals surface area contributed by atoms with E-state index in [9.17, 15) is 5.26 Å². The number of aromatic nitrogens is 2. The second-order valence-electron chi connectivity index (χ2n) is 7.57. The molecule has 3 aromatic rings. The Balaban J connectivity index is 1.70. The Bertz CT molecular complexity index is 1050. The highest BCUT2D eigenvalue weighted by Gasteiger charge is 2.21. The molecular weight excluding hydrogens is 366 g/mol. The third kappa shape index (κ3) is 3.53. The fraction of sp³-hybridized carbons (Fsp3) is 0.348. The fourth-order valence-corrected chi connectivity index (χ4v) is 4.73. The highest BCUT2D eigenvalue weighted by molar-refractivity contribution is 7.17. The lowest BCUT2D eigenvalue weighted by Gasteiger charge is -2.23. The van der Waals surface area contributed by atoms with Gasteiger partial charge in [-0.1, -0.05) is 36.5 Å². The van der Waals surface area contributed by atoms with Crippen LogP contribution < -0.4 is 4.74 Å². The molecule has 0 aliphatic heterocycles. The minimum absolute atomic E-state index is 0.0257. The number of benzene rings is 2. The first kappa shape index (κ1) is 18.6. The summed E-state index contributed by atoms with van der Waals surface area (Å²) >= 11 is 1.58. The van der Waals surface area contributed by atoms with Crippen molar-refractivity contribution in [1.82, 2.24) is 10.2 Å². The predicted octanol–water partition coefficient (Wildman–Crippen LogP) is 5.97. The molecule has 0 radical (unpaired) electrons. The van der Waals surface area contributed by atoms with E-state index in [0.717, 1.165) is 22.0 Å². The molecule has 1 heterocycles. The van der Waals surface area contributed by atoms with E-state index in [1.54, 1.807) is 11.3 Å². The molecule has 142 valence electrons. The quantitative estimate of drug-likeness (QED) is 0.551. The highest BCUT2D eigenvalue weighted by Crippen LogP contribution is 2.39. The maximum atomic E-state index is 9.48. The van der Waals surface area contributed by atoms with Crippen LogP contribution in [0.5, 0.6) is 5.75 Å². The summed E-state index contributed by atoms with van der Waals surface area (Å²) in [6.07, 6.45) is 3.60. The van der Waals surface area contributed by atoms with Crippen molar-refractivity contribution in [3.63, 3.8) is 0 Å². The van der Waals surface area contributed by atoms with E-state index in [1.807, 2.05) is 32.0 Å². The number of rotatable bonds is 4. The molecule has 0 bridgehead atoms. The molecule has 2 aromatic carbocycles. The SMILES string of the molecule is CC(C)Oc1ccc(-c2nnc(-c3cccc4c3CCC[C@H]4C)s2)cc1C#N. The van der Waals surface area contributed by atoms with E-state index in [0.29, 0.717) is 17.2 Å². The van der Waals surface area contributed by atoms with Gasteiger partial charge in [0.05, 0.1) is 11.7 Å². The average molecular weight is 390 g/mol. The second-order valence-corrected chi connectivity index (χ2v) is 8.55. The first-order valence-electron chi connectivity index (χ1n) is 9.73. The van der Waals surface area contributed by atoms with E-state index in [1.165, 1.54) is 29.5 Å². The number of fused-ring (bicyclic) bond motifs is 1. The molecular formula is C23H23N3OS. The topological polar surface area (TPSA) is 58.8 Å². The largest absolute Gasteiger partial charge is 0.490 e. The zero-order valence-corrected chi connectivity index (χ0v) is 17.2. The smallest absolute Gasteiger partial charge is 0.148 e. The van der Waals surface area contributed by atoms with Crippen molar-refractivity contribution in [2.45, 2.75) is 52.1 Å². The summed E-state index contributed by atoms with van der Waals surface area (Å²) in [5.74, 6) is 1.21. The van der Waals surface area contributed by atoms with Crippen LogP contribution in [0.2, 0.25) is 0 Å². The molecule has 0 saturated carbocycles. The van der Waals surface area contributed by atoms with E-state index < -0.39 is 0 Å². The highest BCUT2D eigenvalue weighted by atomic mass is 32.1. The Kier molecular flexibility index (Phi) is 5.15. The molecule has 1 aliphatic rings. The first-order chi connectivity index (χ1) is 13.6. The van der Waals surface area contributed by atoms with Gasteiger partial charge in [-0.25, -0.2) is 0 Å². The van der Waals surface area contributed by atoms with Gasteiger partial charge in [0.2, 0.25) is 0 Å². The van der Waals surface area contributed by atoms with Crippen LogP contribution in [0, 0.1) is 11.3 Å². The first-order valence-corrected chi connectivity index (χ1v) is 10.5. The summed E-state index contributed by atoms with van der Waals surface area (Å²) in [6, 6.07) is 14.4. The van der Waals surface area contributed by atoms with Crippen molar-refractivity contribution in [2.24, 2.45) is 0 Å². The summed E-state index contributed by atoms with van der Waals surface area (Å²) in [6.45, 7) is 6.21. The lowest BCUT2D eigenvalue weighted by Crippen LogP contribution is -2.08. The van der Waals surface area contributed by atoms with Gasteiger partial charge in [-0.05, 0) is 68.4 Å². The Morgan fingerprint density at radius 3 is 2.79 bits per heavy atom. The minimum atomic E-state index is 0.0257. The molecule has 0 unspecified atom stereocenters. The standard InChI is InChI=1S/C23H23N3OS/c1-14(2)27-21-11-10-16(12-17(21)13-24)22-25-26-23(28-22)20-9-5-7-18-15(3)6-4-8-19(18)20/h5,7,9-12,14-15H,4,6,8H2,1-3H3/t15-/m1/s1. The molecule has 0 amide bonds. The minimum Gasteiger partial charge on any atom is -0.490 e. The van der Waals surface area contributed by atoms with E-state index in [-0.39, 0.29) is 6.10 Å². The maximum Gasteiger partial charge on any atom is 0.148 e. The maximum absolute atomic E-state index is 9.48. The summed E-state index contributed by atoms with van der Waals surface area (Å²) in [5, 5.41) is 20.1. The lowest BCUT2D eigenvalue weighted by atomic mass is 9.82. The fourth-order valence-electron chi connectivity index (χ4n) is 3.84. The average Bonchev–Trinajstić information content (AvgIpc) is 3.18. The third-order valence-electron chi connectivity index (χ3n) is 5.17. The van der Waals surface area contributed by atoms with Crippen molar-refractivity contribution in [2.75, 3.05) is 0 Å². The number of hydrogen-bond acceptors (Lipinski definition) is 5. The van der Waals surface area contributed by atoms with Crippen molar-refractivity contribution in [3.05, 3.63) is 53.1 Å². The Labute approximate surface area is 169 Å². The Morgan fingerprint density at radius 1 is 1.18 bits per heavy atom. The zero-order chi connectivity index (χ0) is 19.7. The third-order valence-corrected chi connectivity index (χ3v) is 6.18. The molecule has 0 N–H and O–H groups in total. The molecule has 1 aromatic heterocycles. The zero-order valence-electron chi connectivity index (χ0n) is 16.4. The van der Waals surface area contributed by atoms with Crippen LogP contribution in [0.1, 0.15) is 56.2 Å². The van der Waals surface area contributed by atoms with E-state index in [4.69, 9.17) is 4.74 Å². The molecule has 1 atom stereocenters. The number of hydrogen-bond donors (Lipinski definition) is 0. The number of ether oxygens (including phenoxy) is 1. The second kappa shape index (κ2) is 7.73. The predicted molar refractivity (Wildman–Crippen MR) is 113 cm³/mol. The van der Waals surface area contributed by atoms with Gasteiger partial charge < -0.3 is 4.74 Å². The number of nitrogens with zero attached hydrogens (tertiary/aromatic N) is 3. The molecule has 0 spiro atoms. The van der Waals surface area contributed by atoms with Gasteiger partial charge in [-0.2, -0.15) is 5.26 Å². The monoisotopic (exact) mass is 389 g/mol. The van der Waals surface area contributed by atoms with Crippen LogP contribution in [0.25, 0.3) is 21.1 Å². The van der Waals surface area contributed by atoms with Gasteiger partial charge in [0, 0.05) is 11.1 Å². The molecule has 4 nitrogen and oxygen atoms in total. The summed E-state index contributed by atoms with van der Waals surface area (Å²) in [7, 11) is 0. The van der Waals surface area contributed by atoms with Crippen LogP contribution >= 0.6 is 11.3 Å². The molecule has 0 saturated heterocycles. The van der Waals surface area contributed by atoms with E-state index >= 15 is 0 Å². The number of nitriles is 1. The molecule has 5 heteroatoms. The molecule has 1 aliphatic carbocycles. The van der Waals surface area contributed by atoms with Crippen LogP contribution in [0.15, 0.2) is 36.4 Å². The van der Waals surface area contributed by atoms with Crippen LogP contribution in [-0.4, -0.2) is 16.3 Å². The lowest BCUT2D eigenvalue weighted by molar-refractivity contribution is 0.242. The van der Waals surface area contributed by atoms with Crippen molar-refractivity contribution >= 4 is 11.3 Å². The Morgan fingerprint density at radius 2 is 2.00 bits per heavy atom. The van der Waals surface area contributed by atoms with Gasteiger partial charge in [-0.3, -0.25) is 0 Å². The van der Waals surface area contributed by atoms with Crippen molar-refractivity contribution in [1.29, 1.82) is 5.26 Å². The summed E-state index contributed by atoms with van der Waals surface area (Å²) in [4.78, 5) is 0. The van der Waals surface area contributed by atoms with E-state index in [2.05, 4.69) is 41.4 Å². The van der Waals surface area contributed by atoms with Crippen molar-refractivity contribution < 1.29 is 4.74 Å². The Hall–Kier alpha value is -2.71. The molecule has 0 fully saturated rings. The summed E-state index contributed by atoms with van der Waals surface area (Å²) < 4.78 is 5.72. The van der Waals surface area contributed by atoms with Gasteiger partial charge in [-0.15, -0.1) is 10.2 Å². The van der Waals surface area contributed by atoms with Crippen LogP contribution in [-0.2, 0) is 6.42 Å². The van der Waals surface area contributed by atoms with Gasteiger partial charge in [0.15, 0.2) is 0 Å².